The van der Waals surface area contributed by atoms with Crippen molar-refractivity contribution in [1.82, 2.24) is 9.97 Å². The number of nitrogens with zero attached hydrogens (tertiary/aromatic N) is 2. The van der Waals surface area contributed by atoms with Gasteiger partial charge in [0.2, 0.25) is 0 Å². The second-order valence-corrected chi connectivity index (χ2v) is 7.92. The lowest BCUT2D eigenvalue weighted by molar-refractivity contribution is 0.413. The summed E-state index contributed by atoms with van der Waals surface area (Å²) in [5, 5.41) is 0.192. The van der Waals surface area contributed by atoms with Gasteiger partial charge in [-0.3, -0.25) is 0 Å². The molecule has 1 N–H and O–H groups in total. The highest BCUT2D eigenvalue weighted by Gasteiger charge is 2.25. The Morgan fingerprint density at radius 3 is 2.93 bits per heavy atom. The van der Waals surface area contributed by atoms with Crippen LogP contribution < -0.4 is 9.64 Å². The van der Waals surface area contributed by atoms with Gasteiger partial charge < -0.3 is 14.6 Å². The topological polar surface area (TPSA) is 41.1 Å². The van der Waals surface area contributed by atoms with Crippen LogP contribution in [0.1, 0.15) is 28.6 Å². The third-order valence-corrected chi connectivity index (χ3v) is 6.31. The summed E-state index contributed by atoms with van der Waals surface area (Å²) in [7, 11) is 1.68. The SMILES string of the molecule is COc1ccc2c(c1)S[C@@H](c1cccc(F)c1)CCN2Cc1nc[nH]c1C. The van der Waals surface area contributed by atoms with Crippen LogP contribution in [0.25, 0.3) is 0 Å². The normalized spacial score (nSPS) is 16.7. The number of aromatic amines is 1. The molecule has 1 aliphatic heterocycles. The lowest BCUT2D eigenvalue weighted by atomic mass is 10.1. The van der Waals surface area contributed by atoms with E-state index in [1.165, 1.54) is 11.8 Å². The fourth-order valence-electron chi connectivity index (χ4n) is 3.42. The molecule has 2 heterocycles. The van der Waals surface area contributed by atoms with Crippen LogP contribution in [0.2, 0.25) is 0 Å². The maximum Gasteiger partial charge on any atom is 0.123 e. The first kappa shape index (κ1) is 17.9. The molecule has 0 spiro atoms. The van der Waals surface area contributed by atoms with Gasteiger partial charge in [0.25, 0.3) is 0 Å². The number of ether oxygens (including phenoxy) is 1. The lowest BCUT2D eigenvalue weighted by Gasteiger charge is -2.24. The molecule has 0 amide bonds. The van der Waals surface area contributed by atoms with Gasteiger partial charge in [-0.1, -0.05) is 12.1 Å². The summed E-state index contributed by atoms with van der Waals surface area (Å²) in [4.78, 5) is 11.1. The lowest BCUT2D eigenvalue weighted by Crippen LogP contribution is -2.24. The minimum Gasteiger partial charge on any atom is -0.497 e. The molecule has 0 fully saturated rings. The molecule has 0 radical (unpaired) electrons. The zero-order chi connectivity index (χ0) is 18.8. The van der Waals surface area contributed by atoms with Crippen molar-refractivity contribution in [2.45, 2.75) is 30.0 Å². The molecule has 2 aromatic carbocycles. The number of hydrogen-bond donors (Lipinski definition) is 1. The third kappa shape index (κ3) is 3.81. The number of anilines is 1. The molecule has 0 bridgehead atoms. The standard InChI is InChI=1S/C21H22FN3OS/c1-14-18(24-13-23-14)12-25-9-8-20(15-4-3-5-16(22)10-15)27-21-11-17(26-2)6-7-19(21)25/h3-7,10-11,13,20H,8-9,12H2,1-2H3,(H,23,24)/t20-/m1/s1. The van der Waals surface area contributed by atoms with Crippen molar-refractivity contribution < 1.29 is 9.13 Å². The van der Waals surface area contributed by atoms with Crippen molar-refractivity contribution in [3.8, 4) is 5.75 Å². The van der Waals surface area contributed by atoms with Crippen LogP contribution in [-0.2, 0) is 6.54 Å². The molecule has 1 aliphatic rings. The van der Waals surface area contributed by atoms with Crippen LogP contribution in [-0.4, -0.2) is 23.6 Å². The summed E-state index contributed by atoms with van der Waals surface area (Å²) in [5.74, 6) is 0.643. The Morgan fingerprint density at radius 2 is 2.19 bits per heavy atom. The van der Waals surface area contributed by atoms with Gasteiger partial charge in [-0.15, -0.1) is 11.8 Å². The van der Waals surface area contributed by atoms with Crippen molar-refractivity contribution in [2.75, 3.05) is 18.6 Å². The number of hydrogen-bond acceptors (Lipinski definition) is 4. The van der Waals surface area contributed by atoms with Crippen molar-refractivity contribution >= 4 is 17.4 Å². The first-order valence-electron chi connectivity index (χ1n) is 8.98. The number of aryl methyl sites for hydroxylation is 1. The van der Waals surface area contributed by atoms with Crippen LogP contribution in [0.4, 0.5) is 10.1 Å². The average Bonchev–Trinajstić information content (AvgIpc) is 2.98. The van der Waals surface area contributed by atoms with Crippen LogP contribution in [0.3, 0.4) is 0 Å². The summed E-state index contributed by atoms with van der Waals surface area (Å²) in [6.07, 6.45) is 2.66. The molecule has 1 atom stereocenters. The average molecular weight is 383 g/mol. The fourth-order valence-corrected chi connectivity index (χ4v) is 4.73. The maximum atomic E-state index is 13.8. The van der Waals surface area contributed by atoms with Gasteiger partial charge in [0.05, 0.1) is 31.4 Å². The number of benzene rings is 2. The van der Waals surface area contributed by atoms with Gasteiger partial charge in [0.1, 0.15) is 11.6 Å². The molecule has 0 saturated heterocycles. The molecule has 6 heteroatoms. The Bertz CT molecular complexity index is 943. The summed E-state index contributed by atoms with van der Waals surface area (Å²) < 4.78 is 19.2. The van der Waals surface area contributed by atoms with E-state index in [2.05, 4.69) is 27.0 Å². The highest BCUT2D eigenvalue weighted by atomic mass is 32.2. The van der Waals surface area contributed by atoms with Gasteiger partial charge in [-0.25, -0.2) is 9.37 Å². The highest BCUT2D eigenvalue weighted by Crippen LogP contribution is 2.46. The van der Waals surface area contributed by atoms with E-state index in [4.69, 9.17) is 4.74 Å². The van der Waals surface area contributed by atoms with E-state index in [1.807, 2.05) is 19.1 Å². The molecule has 0 aliphatic carbocycles. The molecule has 140 valence electrons. The first-order valence-corrected chi connectivity index (χ1v) is 9.86. The first-order chi connectivity index (χ1) is 13.1. The zero-order valence-electron chi connectivity index (χ0n) is 15.4. The number of H-pyrrole nitrogens is 1. The predicted octanol–water partition coefficient (Wildman–Crippen LogP) is 5.11. The quantitative estimate of drug-likeness (QED) is 0.680. The molecule has 4 nitrogen and oxygen atoms in total. The van der Waals surface area contributed by atoms with E-state index in [1.54, 1.807) is 37.3 Å². The predicted molar refractivity (Wildman–Crippen MR) is 107 cm³/mol. The number of imidazole rings is 1. The Kier molecular flexibility index (Phi) is 5.07. The molecule has 27 heavy (non-hydrogen) atoms. The fraction of sp³-hybridized carbons (Fsp3) is 0.286. The van der Waals surface area contributed by atoms with E-state index in [-0.39, 0.29) is 11.1 Å². The number of halogens is 1. The van der Waals surface area contributed by atoms with Crippen molar-refractivity contribution in [1.29, 1.82) is 0 Å². The van der Waals surface area contributed by atoms with E-state index in [0.29, 0.717) is 0 Å². The number of rotatable bonds is 4. The van der Waals surface area contributed by atoms with Gasteiger partial charge in [0, 0.05) is 22.4 Å². The number of nitrogens with one attached hydrogen (secondary N) is 1. The van der Waals surface area contributed by atoms with Crippen molar-refractivity contribution in [3.63, 3.8) is 0 Å². The number of methoxy groups -OCH3 is 1. The molecule has 1 aromatic heterocycles. The molecular weight excluding hydrogens is 361 g/mol. The third-order valence-electron chi connectivity index (χ3n) is 4.93. The van der Waals surface area contributed by atoms with E-state index in [9.17, 15) is 4.39 Å². The van der Waals surface area contributed by atoms with E-state index in [0.717, 1.165) is 47.1 Å². The molecule has 4 rings (SSSR count). The number of thioether (sulfide) groups is 1. The van der Waals surface area contributed by atoms with E-state index < -0.39 is 0 Å². The Morgan fingerprint density at radius 1 is 1.30 bits per heavy atom. The second-order valence-electron chi connectivity index (χ2n) is 6.68. The van der Waals surface area contributed by atoms with E-state index >= 15 is 0 Å². The largest absolute Gasteiger partial charge is 0.497 e. The number of fused-ring (bicyclic) bond motifs is 1. The zero-order valence-corrected chi connectivity index (χ0v) is 16.2. The monoisotopic (exact) mass is 383 g/mol. The Balaban J connectivity index is 1.69. The summed E-state index contributed by atoms with van der Waals surface area (Å²) in [6.45, 7) is 3.66. The van der Waals surface area contributed by atoms with Crippen LogP contribution in [0.5, 0.6) is 5.75 Å². The van der Waals surface area contributed by atoms with Gasteiger partial charge in [-0.2, -0.15) is 0 Å². The maximum absolute atomic E-state index is 13.8. The second kappa shape index (κ2) is 7.64. The van der Waals surface area contributed by atoms with Crippen LogP contribution >= 0.6 is 11.8 Å². The van der Waals surface area contributed by atoms with Gasteiger partial charge in [-0.05, 0) is 49.2 Å². The van der Waals surface area contributed by atoms with Crippen molar-refractivity contribution in [2.24, 2.45) is 0 Å². The molecular formula is C21H22FN3OS. The number of aromatic nitrogens is 2. The van der Waals surface area contributed by atoms with Crippen molar-refractivity contribution in [3.05, 3.63) is 71.6 Å². The van der Waals surface area contributed by atoms with Gasteiger partial charge >= 0.3 is 0 Å². The highest BCUT2D eigenvalue weighted by molar-refractivity contribution is 7.99. The summed E-state index contributed by atoms with van der Waals surface area (Å²) in [6, 6.07) is 13.1. The summed E-state index contributed by atoms with van der Waals surface area (Å²) in [5.41, 5.74) is 4.32. The minimum atomic E-state index is -0.188. The summed E-state index contributed by atoms with van der Waals surface area (Å²) >= 11 is 1.77. The molecule has 0 saturated carbocycles. The molecule has 3 aromatic rings. The van der Waals surface area contributed by atoms with Gasteiger partial charge in [0.15, 0.2) is 0 Å². The Hall–Kier alpha value is -2.47. The smallest absolute Gasteiger partial charge is 0.123 e. The van der Waals surface area contributed by atoms with Crippen LogP contribution in [0.15, 0.2) is 53.7 Å². The Labute approximate surface area is 162 Å². The van der Waals surface area contributed by atoms with Crippen LogP contribution in [0, 0.1) is 12.7 Å². The molecule has 0 unspecified atom stereocenters. The minimum absolute atomic E-state index is 0.188.